The van der Waals surface area contributed by atoms with Crippen molar-refractivity contribution in [2.24, 2.45) is 5.10 Å². The van der Waals surface area contributed by atoms with Crippen molar-refractivity contribution in [2.45, 2.75) is 32.7 Å². The average Bonchev–Trinajstić information content (AvgIpc) is 2.64. The van der Waals surface area contributed by atoms with Crippen LogP contribution in [0.4, 0.5) is 5.69 Å². The van der Waals surface area contributed by atoms with Gasteiger partial charge in [0.05, 0.1) is 11.4 Å². The van der Waals surface area contributed by atoms with Gasteiger partial charge in [-0.2, -0.15) is 5.10 Å². The Morgan fingerprint density at radius 3 is 2.56 bits per heavy atom. The molecule has 1 aliphatic heterocycles. The molecule has 0 unspecified atom stereocenters. The molecule has 0 aromatic heterocycles. The molecule has 0 amide bonds. The number of rotatable bonds is 5. The molecule has 25 heavy (non-hydrogen) atoms. The molecule has 1 fully saturated rings. The predicted molar refractivity (Wildman–Crippen MR) is 105 cm³/mol. The van der Waals surface area contributed by atoms with E-state index in [0.717, 1.165) is 42.2 Å². The highest BCUT2D eigenvalue weighted by atomic mass is 35.5. The molecule has 4 nitrogen and oxygen atoms in total. The van der Waals surface area contributed by atoms with Gasteiger partial charge in [0.1, 0.15) is 5.75 Å². The third-order valence-corrected chi connectivity index (χ3v) is 4.79. The van der Waals surface area contributed by atoms with Crippen LogP contribution in [-0.2, 0) is 6.54 Å². The van der Waals surface area contributed by atoms with Crippen LogP contribution in [0.3, 0.4) is 0 Å². The Bertz CT molecular complexity index is 737. The van der Waals surface area contributed by atoms with E-state index in [1.165, 1.54) is 19.3 Å². The number of nitrogens with zero attached hydrogens (tertiary/aromatic N) is 2. The maximum atomic E-state index is 10.2. The minimum atomic E-state index is 0.354. The summed E-state index contributed by atoms with van der Waals surface area (Å²) >= 11 is 5.89. The first-order valence-electron chi connectivity index (χ1n) is 8.72. The van der Waals surface area contributed by atoms with E-state index in [1.54, 1.807) is 6.07 Å². The second-order valence-corrected chi connectivity index (χ2v) is 6.93. The molecule has 1 heterocycles. The molecule has 0 aliphatic carbocycles. The number of anilines is 1. The fraction of sp³-hybridized carbons (Fsp3) is 0.350. The number of aromatic hydroxyl groups is 1. The lowest BCUT2D eigenvalue weighted by atomic mass is 10.0. The Kier molecular flexibility index (Phi) is 5.95. The van der Waals surface area contributed by atoms with Gasteiger partial charge in [-0.1, -0.05) is 18.0 Å². The molecule has 2 N–H and O–H groups in total. The number of nitrogens with one attached hydrogen (secondary N) is 1. The largest absolute Gasteiger partial charge is 0.508 e. The Labute approximate surface area is 154 Å². The summed E-state index contributed by atoms with van der Waals surface area (Å²) in [6.45, 7) is 4.96. The third kappa shape index (κ3) is 4.97. The summed E-state index contributed by atoms with van der Waals surface area (Å²) in [5, 5.41) is 15.3. The van der Waals surface area contributed by atoms with Gasteiger partial charge in [0, 0.05) is 17.1 Å². The maximum absolute atomic E-state index is 10.2. The number of hydrogen-bond donors (Lipinski definition) is 2. The summed E-state index contributed by atoms with van der Waals surface area (Å²) in [5.41, 5.74) is 6.76. The van der Waals surface area contributed by atoms with Crippen molar-refractivity contribution in [3.05, 3.63) is 58.6 Å². The van der Waals surface area contributed by atoms with Crippen LogP contribution in [0.1, 0.15) is 37.3 Å². The first kappa shape index (κ1) is 17.8. The van der Waals surface area contributed by atoms with Gasteiger partial charge < -0.3 is 5.11 Å². The van der Waals surface area contributed by atoms with E-state index < -0.39 is 0 Å². The van der Waals surface area contributed by atoms with Crippen molar-refractivity contribution < 1.29 is 5.11 Å². The fourth-order valence-electron chi connectivity index (χ4n) is 3.03. The molecule has 0 bridgehead atoms. The Hall–Kier alpha value is -2.04. The second kappa shape index (κ2) is 8.37. The normalized spacial score (nSPS) is 16.0. The van der Waals surface area contributed by atoms with Gasteiger partial charge in [-0.25, -0.2) is 0 Å². The van der Waals surface area contributed by atoms with Crippen molar-refractivity contribution in [1.82, 2.24) is 4.90 Å². The van der Waals surface area contributed by atoms with Crippen LogP contribution in [0.5, 0.6) is 5.75 Å². The molecular formula is C20H24ClN3O. The van der Waals surface area contributed by atoms with E-state index in [-0.39, 0.29) is 0 Å². The minimum absolute atomic E-state index is 0.354. The van der Waals surface area contributed by atoms with Gasteiger partial charge in [-0.05, 0) is 80.9 Å². The maximum Gasteiger partial charge on any atom is 0.120 e. The van der Waals surface area contributed by atoms with Crippen molar-refractivity contribution in [3.63, 3.8) is 0 Å². The molecule has 2 aromatic carbocycles. The lowest BCUT2D eigenvalue weighted by Gasteiger charge is -2.26. The monoisotopic (exact) mass is 357 g/mol. The van der Waals surface area contributed by atoms with Gasteiger partial charge in [-0.3, -0.25) is 10.3 Å². The number of phenols is 1. The Morgan fingerprint density at radius 2 is 1.84 bits per heavy atom. The zero-order chi connectivity index (χ0) is 17.6. The van der Waals surface area contributed by atoms with Crippen LogP contribution in [0.15, 0.2) is 47.6 Å². The predicted octanol–water partition coefficient (Wildman–Crippen LogP) is 4.87. The van der Waals surface area contributed by atoms with Crippen LogP contribution in [0.2, 0.25) is 5.02 Å². The molecule has 132 valence electrons. The van der Waals surface area contributed by atoms with Crippen LogP contribution < -0.4 is 5.43 Å². The summed E-state index contributed by atoms with van der Waals surface area (Å²) in [6.07, 6.45) is 3.79. The van der Waals surface area contributed by atoms with Crippen LogP contribution >= 0.6 is 11.6 Å². The zero-order valence-electron chi connectivity index (χ0n) is 14.5. The molecular weight excluding hydrogens is 334 g/mol. The van der Waals surface area contributed by atoms with Crippen LogP contribution in [0, 0.1) is 0 Å². The van der Waals surface area contributed by atoms with Gasteiger partial charge in [0.15, 0.2) is 0 Å². The molecule has 5 heteroatoms. The highest BCUT2D eigenvalue weighted by molar-refractivity contribution is 6.30. The van der Waals surface area contributed by atoms with E-state index in [2.05, 4.69) is 15.4 Å². The summed E-state index contributed by atoms with van der Waals surface area (Å²) in [5.74, 6) is 0.354. The zero-order valence-corrected chi connectivity index (χ0v) is 15.3. The molecule has 0 saturated carbocycles. The number of hydrazone groups is 1. The molecule has 2 aromatic rings. The minimum Gasteiger partial charge on any atom is -0.508 e. The lowest BCUT2D eigenvalue weighted by molar-refractivity contribution is 0.218. The van der Waals surface area contributed by atoms with Gasteiger partial charge >= 0.3 is 0 Å². The molecule has 3 rings (SSSR count). The molecule has 1 saturated heterocycles. The molecule has 1 aliphatic rings. The number of piperidine rings is 1. The number of benzene rings is 2. The number of hydrogen-bond acceptors (Lipinski definition) is 4. The first-order valence-corrected chi connectivity index (χ1v) is 9.10. The van der Waals surface area contributed by atoms with Crippen molar-refractivity contribution in [2.75, 3.05) is 18.5 Å². The fourth-order valence-corrected chi connectivity index (χ4v) is 3.16. The summed E-state index contributed by atoms with van der Waals surface area (Å²) in [7, 11) is 0. The lowest BCUT2D eigenvalue weighted by Crippen LogP contribution is -2.29. The Morgan fingerprint density at radius 1 is 1.12 bits per heavy atom. The number of phenolic OH excluding ortho intramolecular Hbond substituents is 1. The topological polar surface area (TPSA) is 47.9 Å². The quantitative estimate of drug-likeness (QED) is 0.593. The van der Waals surface area contributed by atoms with Gasteiger partial charge in [0.25, 0.3) is 0 Å². The van der Waals surface area contributed by atoms with E-state index >= 15 is 0 Å². The average molecular weight is 358 g/mol. The highest BCUT2D eigenvalue weighted by Gasteiger charge is 2.13. The van der Waals surface area contributed by atoms with Crippen LogP contribution in [0.25, 0.3) is 0 Å². The standard InChI is InChI=1S/C20H24ClN3O/c1-15(22-23-19-8-6-18(21)7-9-19)16-5-10-20(25)17(13-16)14-24-11-3-2-4-12-24/h5-10,13,23,25H,2-4,11-12,14H2,1H3/b22-15+. The molecule has 0 atom stereocenters. The second-order valence-electron chi connectivity index (χ2n) is 6.50. The third-order valence-electron chi connectivity index (χ3n) is 4.54. The smallest absolute Gasteiger partial charge is 0.120 e. The van der Waals surface area contributed by atoms with Crippen LogP contribution in [-0.4, -0.2) is 28.8 Å². The van der Waals surface area contributed by atoms with E-state index in [4.69, 9.17) is 11.6 Å². The molecule has 0 spiro atoms. The SMILES string of the molecule is C/C(=N\Nc1ccc(Cl)cc1)c1ccc(O)c(CN2CCCCC2)c1. The summed E-state index contributed by atoms with van der Waals surface area (Å²) < 4.78 is 0. The highest BCUT2D eigenvalue weighted by Crippen LogP contribution is 2.23. The van der Waals surface area contributed by atoms with Gasteiger partial charge in [-0.15, -0.1) is 0 Å². The summed E-state index contributed by atoms with van der Waals surface area (Å²) in [4.78, 5) is 2.40. The van der Waals surface area contributed by atoms with E-state index in [1.807, 2.05) is 43.3 Å². The summed E-state index contributed by atoms with van der Waals surface area (Å²) in [6, 6.07) is 13.1. The van der Waals surface area contributed by atoms with Crippen molar-refractivity contribution >= 4 is 23.0 Å². The van der Waals surface area contributed by atoms with E-state index in [0.29, 0.717) is 10.8 Å². The Balaban J connectivity index is 1.71. The number of likely N-dealkylation sites (tertiary alicyclic amines) is 1. The van der Waals surface area contributed by atoms with E-state index in [9.17, 15) is 5.11 Å². The molecule has 0 radical (unpaired) electrons. The van der Waals surface area contributed by atoms with Crippen molar-refractivity contribution in [3.8, 4) is 5.75 Å². The van der Waals surface area contributed by atoms with Crippen molar-refractivity contribution in [1.29, 1.82) is 0 Å². The van der Waals surface area contributed by atoms with Gasteiger partial charge in [0.2, 0.25) is 0 Å². The first-order chi connectivity index (χ1) is 12.1. The number of halogens is 1.